The number of Topliss-reactive ketones (excluding diaryl/α,β-unsaturated/α-hetero) is 1. The Hall–Kier alpha value is -3.67. The maximum atomic E-state index is 14.1. The summed E-state index contributed by atoms with van der Waals surface area (Å²) in [6, 6.07) is 9.92. The molecule has 3 unspecified atom stereocenters. The van der Waals surface area contributed by atoms with Crippen LogP contribution in [0.4, 0.5) is 0 Å². The predicted octanol–water partition coefficient (Wildman–Crippen LogP) is 7.77. The molecule has 0 aliphatic heterocycles. The number of allylic oxidation sites excluding steroid dienone is 5. The van der Waals surface area contributed by atoms with Crippen LogP contribution in [0, 0.1) is 24.7 Å². The lowest BCUT2D eigenvalue weighted by Crippen LogP contribution is -2.28. The number of aliphatic hydroxyl groups excluding tert-OH is 1. The molecule has 5 aliphatic rings. The quantitative estimate of drug-likeness (QED) is 0.172. The second-order valence-electron chi connectivity index (χ2n) is 12.2. The third-order valence-electron chi connectivity index (χ3n) is 9.40. The molecule has 222 valence electrons. The lowest BCUT2D eigenvalue weighted by Gasteiger charge is -2.32. The first-order valence-electron chi connectivity index (χ1n) is 15.5. The summed E-state index contributed by atoms with van der Waals surface area (Å²) in [5.41, 5.74) is 7.13. The van der Waals surface area contributed by atoms with Crippen LogP contribution in [-0.2, 0) is 25.5 Å². The van der Waals surface area contributed by atoms with Gasteiger partial charge in [-0.15, -0.1) is 0 Å². The summed E-state index contributed by atoms with van der Waals surface area (Å²) in [5, 5.41) is 21.0. The average molecular weight is 571 g/mol. The molecule has 0 aromatic carbocycles. The van der Waals surface area contributed by atoms with E-state index >= 15 is 0 Å². The summed E-state index contributed by atoms with van der Waals surface area (Å²) in [6.07, 6.45) is 9.54. The highest BCUT2D eigenvalue weighted by Gasteiger charge is 2.46. The molecule has 0 radical (unpaired) electrons. The highest BCUT2D eigenvalue weighted by Crippen LogP contribution is 2.54. The number of hydrogen-bond donors (Lipinski definition) is 2. The third-order valence-corrected chi connectivity index (χ3v) is 9.40. The number of esters is 1. The predicted molar refractivity (Wildman–Crippen MR) is 163 cm³/mol. The number of ether oxygens (including phenoxy) is 1. The van der Waals surface area contributed by atoms with Gasteiger partial charge in [0.05, 0.1) is 17.8 Å². The highest BCUT2D eigenvalue weighted by molar-refractivity contribution is 6.40. The number of aliphatic hydroxyl groups is 1. The second-order valence-corrected chi connectivity index (χ2v) is 12.2. The molecule has 1 saturated carbocycles. The van der Waals surface area contributed by atoms with Gasteiger partial charge >= 0.3 is 11.9 Å². The molecule has 5 rings (SSSR count). The maximum absolute atomic E-state index is 14.1. The molecule has 5 aliphatic carbocycles. The van der Waals surface area contributed by atoms with Crippen molar-refractivity contribution in [1.29, 1.82) is 0 Å². The molecule has 6 nitrogen and oxygen atoms in total. The van der Waals surface area contributed by atoms with Gasteiger partial charge in [0.2, 0.25) is 5.78 Å². The van der Waals surface area contributed by atoms with Gasteiger partial charge in [0, 0.05) is 18.4 Å². The van der Waals surface area contributed by atoms with Crippen LogP contribution in [0.5, 0.6) is 0 Å². The number of carbonyl (C=O) groups is 3. The number of carboxylic acid groups (broad SMARTS) is 1. The number of aryl methyl sites for hydroxylation is 2. The van der Waals surface area contributed by atoms with E-state index in [0.717, 1.165) is 77.5 Å². The van der Waals surface area contributed by atoms with Gasteiger partial charge in [-0.3, -0.25) is 14.4 Å². The van der Waals surface area contributed by atoms with Gasteiger partial charge in [-0.2, -0.15) is 0 Å². The second kappa shape index (κ2) is 12.7. The SMILES string of the molecule is CCCCOC(=O)CCc1ccccc2cc(C)c(C3=C(O)/C(=C4\C(C)=CC5CCCCC(CCC(=O)O)C45)C3=O)c1-2. The molecule has 1 fully saturated rings. The molecule has 0 heterocycles. The first kappa shape index (κ1) is 29.8. The zero-order valence-electron chi connectivity index (χ0n) is 25.0. The summed E-state index contributed by atoms with van der Waals surface area (Å²) >= 11 is 0. The van der Waals surface area contributed by atoms with Crippen LogP contribution in [0.1, 0.15) is 88.3 Å². The van der Waals surface area contributed by atoms with Crippen LogP contribution in [0.25, 0.3) is 16.7 Å². The Morgan fingerprint density at radius 2 is 1.79 bits per heavy atom. The van der Waals surface area contributed by atoms with Crippen LogP contribution >= 0.6 is 0 Å². The van der Waals surface area contributed by atoms with E-state index in [4.69, 9.17) is 4.74 Å². The molecule has 42 heavy (non-hydrogen) atoms. The van der Waals surface area contributed by atoms with Crippen LogP contribution in [0.15, 0.2) is 58.9 Å². The minimum atomic E-state index is -0.797. The van der Waals surface area contributed by atoms with Gasteiger partial charge in [-0.05, 0) is 91.5 Å². The summed E-state index contributed by atoms with van der Waals surface area (Å²) in [6.45, 7) is 6.46. The Balaban J connectivity index is 1.53. The first-order chi connectivity index (χ1) is 20.2. The third kappa shape index (κ3) is 5.68. The fourth-order valence-corrected chi connectivity index (χ4v) is 7.47. The number of ketones is 1. The van der Waals surface area contributed by atoms with Gasteiger partial charge < -0.3 is 14.9 Å². The van der Waals surface area contributed by atoms with Gasteiger partial charge in [-0.1, -0.05) is 68.2 Å². The number of unbranched alkanes of at least 4 members (excludes halogenated alkanes) is 1. The molecule has 6 heteroatoms. The van der Waals surface area contributed by atoms with Crippen molar-refractivity contribution in [2.45, 2.75) is 85.0 Å². The van der Waals surface area contributed by atoms with Crippen molar-refractivity contribution in [2.75, 3.05) is 6.61 Å². The van der Waals surface area contributed by atoms with Crippen molar-refractivity contribution in [3.63, 3.8) is 0 Å². The van der Waals surface area contributed by atoms with E-state index in [1.807, 2.05) is 44.2 Å². The van der Waals surface area contributed by atoms with Crippen LogP contribution in [-0.4, -0.2) is 34.5 Å². The van der Waals surface area contributed by atoms with Crippen LogP contribution in [0.2, 0.25) is 0 Å². The molecule has 0 aromatic heterocycles. The smallest absolute Gasteiger partial charge is 0.306 e. The largest absolute Gasteiger partial charge is 0.506 e. The molecule has 2 N–H and O–H groups in total. The van der Waals surface area contributed by atoms with E-state index in [-0.39, 0.29) is 48.1 Å². The lowest BCUT2D eigenvalue weighted by atomic mass is 9.71. The number of hydrogen-bond acceptors (Lipinski definition) is 5. The van der Waals surface area contributed by atoms with Crippen molar-refractivity contribution in [1.82, 2.24) is 0 Å². The molecule has 0 saturated heterocycles. The van der Waals surface area contributed by atoms with Crippen molar-refractivity contribution < 1.29 is 29.3 Å². The minimum Gasteiger partial charge on any atom is -0.506 e. The summed E-state index contributed by atoms with van der Waals surface area (Å²) in [7, 11) is 0. The Bertz CT molecular complexity index is 1460. The van der Waals surface area contributed by atoms with E-state index in [9.17, 15) is 24.6 Å². The maximum Gasteiger partial charge on any atom is 0.306 e. The molecular weight excluding hydrogens is 528 g/mol. The monoisotopic (exact) mass is 570 g/mol. The van der Waals surface area contributed by atoms with Gasteiger partial charge in [0.1, 0.15) is 5.76 Å². The van der Waals surface area contributed by atoms with E-state index in [1.165, 1.54) is 0 Å². The molecule has 0 spiro atoms. The molecule has 0 bridgehead atoms. The lowest BCUT2D eigenvalue weighted by molar-refractivity contribution is -0.143. The Kier molecular flexibility index (Phi) is 9.00. The number of fused-ring (bicyclic) bond motifs is 2. The zero-order chi connectivity index (χ0) is 30.0. The van der Waals surface area contributed by atoms with Crippen LogP contribution < -0.4 is 0 Å². The highest BCUT2D eigenvalue weighted by atomic mass is 16.5. The first-order valence-corrected chi connectivity index (χ1v) is 15.5. The van der Waals surface area contributed by atoms with Crippen LogP contribution in [0.3, 0.4) is 0 Å². The van der Waals surface area contributed by atoms with Crippen molar-refractivity contribution in [3.05, 3.63) is 75.6 Å². The number of carboxylic acids is 1. The minimum absolute atomic E-state index is 0.0386. The van der Waals surface area contributed by atoms with Crippen molar-refractivity contribution in [3.8, 4) is 11.1 Å². The summed E-state index contributed by atoms with van der Waals surface area (Å²) in [4.78, 5) is 37.9. The van der Waals surface area contributed by atoms with Crippen molar-refractivity contribution >= 4 is 23.3 Å². The average Bonchev–Trinajstić information content (AvgIpc) is 3.24. The fraction of sp³-hybridized carbons (Fsp3) is 0.472. The standard InChI is InChI=1S/C36H42O6/c1-4-5-18-42-28(39)17-15-24-11-7-9-13-26-20-22(3)30(32(24)26)34-35(40)33(36(34)41)29-21(2)19-25-12-8-6-10-23(31(25)29)14-16-27(37)38/h7,9,11,13,19-20,23,25,31,40H,4-6,8,10,12,14-18H2,1-3H3,(H,37,38)/b33-29-. The van der Waals surface area contributed by atoms with E-state index in [0.29, 0.717) is 30.6 Å². The van der Waals surface area contributed by atoms with Crippen molar-refractivity contribution in [2.24, 2.45) is 17.8 Å². The normalized spacial score (nSPS) is 23.8. The fourth-order valence-electron chi connectivity index (χ4n) is 7.47. The topological polar surface area (TPSA) is 101 Å². The number of rotatable bonds is 10. The van der Waals surface area contributed by atoms with E-state index < -0.39 is 5.97 Å². The Morgan fingerprint density at radius 3 is 2.52 bits per heavy atom. The molecule has 0 amide bonds. The Morgan fingerprint density at radius 1 is 1.02 bits per heavy atom. The molecule has 3 atom stereocenters. The van der Waals surface area contributed by atoms with E-state index in [1.54, 1.807) is 0 Å². The van der Waals surface area contributed by atoms with Gasteiger partial charge in [-0.25, -0.2) is 0 Å². The van der Waals surface area contributed by atoms with E-state index in [2.05, 4.69) is 13.0 Å². The number of aliphatic carboxylic acids is 1. The van der Waals surface area contributed by atoms with Gasteiger partial charge in [0.15, 0.2) is 0 Å². The zero-order valence-corrected chi connectivity index (χ0v) is 25.0. The molecule has 0 aromatic rings. The summed E-state index contributed by atoms with van der Waals surface area (Å²) in [5.74, 6) is -0.656. The number of carbonyl (C=O) groups excluding carboxylic acids is 2. The summed E-state index contributed by atoms with van der Waals surface area (Å²) < 4.78 is 5.37. The van der Waals surface area contributed by atoms with Gasteiger partial charge in [0.25, 0.3) is 0 Å². The molecular formula is C36H42O6. The Labute approximate surface area is 248 Å².